The summed E-state index contributed by atoms with van der Waals surface area (Å²) in [5.74, 6) is -0.366. The number of nitrogen functional groups attached to an aromatic ring is 1. The number of nitrogens with two attached hydrogens (primary N) is 1. The van der Waals surface area contributed by atoms with E-state index in [2.05, 4.69) is 20.7 Å². The highest BCUT2D eigenvalue weighted by atomic mass is 79.9. The van der Waals surface area contributed by atoms with Gasteiger partial charge in [0.2, 0.25) is 0 Å². The predicted molar refractivity (Wildman–Crippen MR) is 54.6 cm³/mol. The fourth-order valence-corrected chi connectivity index (χ4v) is 1.49. The molecule has 0 radical (unpaired) electrons. The number of aryl methyl sites for hydroxylation is 1. The third-order valence-corrected chi connectivity index (χ3v) is 2.42. The largest absolute Gasteiger partial charge is 0.465 e. The number of rotatable bonds is 1. The second kappa shape index (κ2) is 3.79. The van der Waals surface area contributed by atoms with Gasteiger partial charge in [-0.25, -0.2) is 4.79 Å². The standard InChI is InChI=1S/C9H10BrNO2/c1-5-3-6(9(12)13-2)7(10)4-8(5)11/h3-4H,11H2,1-2H3. The molecule has 0 aliphatic heterocycles. The number of carbonyl (C=O) groups excluding carboxylic acids is 1. The monoisotopic (exact) mass is 243 g/mol. The van der Waals surface area contributed by atoms with Gasteiger partial charge in [0, 0.05) is 10.2 Å². The van der Waals surface area contributed by atoms with Crippen molar-refractivity contribution in [3.8, 4) is 0 Å². The van der Waals surface area contributed by atoms with Gasteiger partial charge in [0.25, 0.3) is 0 Å². The number of benzene rings is 1. The molecule has 3 nitrogen and oxygen atoms in total. The van der Waals surface area contributed by atoms with Gasteiger partial charge in [-0.15, -0.1) is 0 Å². The molecule has 0 aliphatic carbocycles. The molecule has 0 saturated carbocycles. The Hall–Kier alpha value is -1.03. The molecule has 0 atom stereocenters. The van der Waals surface area contributed by atoms with E-state index in [9.17, 15) is 4.79 Å². The first-order chi connectivity index (χ1) is 6.06. The number of carbonyl (C=O) groups is 1. The highest BCUT2D eigenvalue weighted by Gasteiger charge is 2.11. The van der Waals surface area contributed by atoms with Gasteiger partial charge in [0.15, 0.2) is 0 Å². The lowest BCUT2D eigenvalue weighted by Crippen LogP contribution is -2.04. The number of ether oxygens (including phenoxy) is 1. The summed E-state index contributed by atoms with van der Waals surface area (Å²) < 4.78 is 5.26. The maximum absolute atomic E-state index is 11.2. The smallest absolute Gasteiger partial charge is 0.339 e. The Morgan fingerprint density at radius 2 is 2.15 bits per heavy atom. The average molecular weight is 244 g/mol. The Bertz CT molecular complexity index is 350. The molecule has 0 saturated heterocycles. The van der Waals surface area contributed by atoms with Gasteiger partial charge < -0.3 is 10.5 Å². The second-order valence-corrected chi connectivity index (χ2v) is 3.53. The molecule has 0 bridgehead atoms. The molecule has 2 N–H and O–H groups in total. The second-order valence-electron chi connectivity index (χ2n) is 2.68. The van der Waals surface area contributed by atoms with Crippen LogP contribution in [-0.4, -0.2) is 13.1 Å². The molecule has 0 spiro atoms. The lowest BCUT2D eigenvalue weighted by atomic mass is 10.1. The third kappa shape index (κ3) is 2.01. The van der Waals surface area contributed by atoms with Gasteiger partial charge in [-0.1, -0.05) is 0 Å². The number of anilines is 1. The first-order valence-corrected chi connectivity index (χ1v) is 4.49. The number of halogens is 1. The molecule has 1 aromatic carbocycles. The zero-order valence-electron chi connectivity index (χ0n) is 7.43. The Labute approximate surface area is 85.0 Å². The molecular formula is C9H10BrNO2. The van der Waals surface area contributed by atoms with E-state index < -0.39 is 0 Å². The van der Waals surface area contributed by atoms with Crippen LogP contribution in [0.25, 0.3) is 0 Å². The number of hydrogen-bond acceptors (Lipinski definition) is 3. The molecular weight excluding hydrogens is 234 g/mol. The topological polar surface area (TPSA) is 52.3 Å². The summed E-state index contributed by atoms with van der Waals surface area (Å²) in [5.41, 5.74) is 7.66. The lowest BCUT2D eigenvalue weighted by Gasteiger charge is -2.05. The van der Waals surface area contributed by atoms with Crippen molar-refractivity contribution >= 4 is 27.6 Å². The van der Waals surface area contributed by atoms with Gasteiger partial charge in [-0.05, 0) is 40.5 Å². The third-order valence-electron chi connectivity index (χ3n) is 1.76. The summed E-state index contributed by atoms with van der Waals surface area (Å²) in [5, 5.41) is 0. The van der Waals surface area contributed by atoms with Crippen LogP contribution in [0.3, 0.4) is 0 Å². The van der Waals surface area contributed by atoms with Crippen LogP contribution >= 0.6 is 15.9 Å². The van der Waals surface area contributed by atoms with E-state index >= 15 is 0 Å². The van der Waals surface area contributed by atoms with Crippen LogP contribution in [0.2, 0.25) is 0 Å². The van der Waals surface area contributed by atoms with Crippen molar-refractivity contribution in [2.24, 2.45) is 0 Å². The SMILES string of the molecule is COC(=O)c1cc(C)c(N)cc1Br. The van der Waals surface area contributed by atoms with Gasteiger partial charge >= 0.3 is 5.97 Å². The molecule has 0 heterocycles. The Kier molecular flexibility index (Phi) is 2.93. The van der Waals surface area contributed by atoms with Gasteiger partial charge in [-0.3, -0.25) is 0 Å². The highest BCUT2D eigenvalue weighted by Crippen LogP contribution is 2.23. The van der Waals surface area contributed by atoms with E-state index in [0.29, 0.717) is 15.7 Å². The van der Waals surface area contributed by atoms with Crippen LogP contribution in [0.4, 0.5) is 5.69 Å². The predicted octanol–water partition coefficient (Wildman–Crippen LogP) is 2.13. The highest BCUT2D eigenvalue weighted by molar-refractivity contribution is 9.10. The van der Waals surface area contributed by atoms with Crippen molar-refractivity contribution in [2.45, 2.75) is 6.92 Å². The maximum Gasteiger partial charge on any atom is 0.339 e. The minimum Gasteiger partial charge on any atom is -0.465 e. The Morgan fingerprint density at radius 1 is 1.54 bits per heavy atom. The van der Waals surface area contributed by atoms with Crippen LogP contribution in [-0.2, 0) is 4.74 Å². The van der Waals surface area contributed by atoms with Crippen LogP contribution in [0.5, 0.6) is 0 Å². The molecule has 0 unspecified atom stereocenters. The molecule has 13 heavy (non-hydrogen) atoms. The quantitative estimate of drug-likeness (QED) is 0.608. The van der Waals surface area contributed by atoms with Crippen molar-refractivity contribution in [3.63, 3.8) is 0 Å². The summed E-state index contributed by atoms with van der Waals surface area (Å²) in [6, 6.07) is 3.40. The van der Waals surface area contributed by atoms with Gasteiger partial charge in [0.05, 0.1) is 12.7 Å². The Balaban J connectivity index is 3.23. The van der Waals surface area contributed by atoms with E-state index in [4.69, 9.17) is 5.73 Å². The summed E-state index contributed by atoms with van der Waals surface area (Å²) in [4.78, 5) is 11.2. The summed E-state index contributed by atoms with van der Waals surface area (Å²) in [6.45, 7) is 1.84. The van der Waals surface area contributed by atoms with E-state index in [1.807, 2.05) is 6.92 Å². The van der Waals surface area contributed by atoms with Crippen LogP contribution in [0.1, 0.15) is 15.9 Å². The molecule has 0 amide bonds. The molecule has 4 heteroatoms. The van der Waals surface area contributed by atoms with Crippen LogP contribution in [0, 0.1) is 6.92 Å². The molecule has 1 aromatic rings. The normalized spacial score (nSPS) is 9.77. The van der Waals surface area contributed by atoms with Crippen molar-refractivity contribution in [1.82, 2.24) is 0 Å². The fraction of sp³-hybridized carbons (Fsp3) is 0.222. The zero-order chi connectivity index (χ0) is 10.0. The first-order valence-electron chi connectivity index (χ1n) is 3.70. The minimum absolute atomic E-state index is 0.366. The van der Waals surface area contributed by atoms with Gasteiger partial charge in [-0.2, -0.15) is 0 Å². The van der Waals surface area contributed by atoms with Crippen molar-refractivity contribution in [1.29, 1.82) is 0 Å². The van der Waals surface area contributed by atoms with Gasteiger partial charge in [0.1, 0.15) is 0 Å². The van der Waals surface area contributed by atoms with Crippen LogP contribution in [0.15, 0.2) is 16.6 Å². The molecule has 0 aromatic heterocycles. The number of methoxy groups -OCH3 is 1. The minimum atomic E-state index is -0.366. The van der Waals surface area contributed by atoms with Crippen molar-refractivity contribution < 1.29 is 9.53 Å². The molecule has 0 fully saturated rings. The Morgan fingerprint density at radius 3 is 2.69 bits per heavy atom. The van der Waals surface area contributed by atoms with E-state index in [1.54, 1.807) is 12.1 Å². The number of hydrogen-bond donors (Lipinski definition) is 1. The van der Waals surface area contributed by atoms with E-state index in [0.717, 1.165) is 5.56 Å². The van der Waals surface area contributed by atoms with Crippen LogP contribution < -0.4 is 5.73 Å². The first kappa shape index (κ1) is 10.1. The summed E-state index contributed by atoms with van der Waals surface area (Å²) in [6.07, 6.45) is 0. The molecule has 0 aliphatic rings. The summed E-state index contributed by atoms with van der Waals surface area (Å²) >= 11 is 3.24. The fourth-order valence-electron chi connectivity index (χ4n) is 0.963. The van der Waals surface area contributed by atoms with Crippen molar-refractivity contribution in [2.75, 3.05) is 12.8 Å². The molecule has 1 rings (SSSR count). The van der Waals surface area contributed by atoms with E-state index in [-0.39, 0.29) is 5.97 Å². The average Bonchev–Trinajstić information content (AvgIpc) is 2.10. The van der Waals surface area contributed by atoms with Crippen molar-refractivity contribution in [3.05, 3.63) is 27.7 Å². The number of esters is 1. The van der Waals surface area contributed by atoms with E-state index in [1.165, 1.54) is 7.11 Å². The zero-order valence-corrected chi connectivity index (χ0v) is 9.01. The molecule has 70 valence electrons. The lowest BCUT2D eigenvalue weighted by molar-refractivity contribution is 0.0599. The maximum atomic E-state index is 11.2. The summed E-state index contributed by atoms with van der Waals surface area (Å²) in [7, 11) is 1.35.